The predicted molar refractivity (Wildman–Crippen MR) is 107 cm³/mol. The molecule has 1 unspecified atom stereocenters. The van der Waals surface area contributed by atoms with Gasteiger partial charge in [0.15, 0.2) is 0 Å². The van der Waals surface area contributed by atoms with Gasteiger partial charge in [0.25, 0.3) is 11.8 Å². The molecule has 1 heterocycles. The van der Waals surface area contributed by atoms with Crippen LogP contribution in [0.2, 0.25) is 0 Å². The lowest BCUT2D eigenvalue weighted by Gasteiger charge is -2.27. The van der Waals surface area contributed by atoms with Gasteiger partial charge in [-0.05, 0) is 49.1 Å². The number of nitrogens with zero attached hydrogens (tertiary/aromatic N) is 1. The Morgan fingerprint density at radius 1 is 1.07 bits per heavy atom. The average Bonchev–Trinajstić information content (AvgIpc) is 2.91. The Kier molecular flexibility index (Phi) is 5.49. The van der Waals surface area contributed by atoms with Gasteiger partial charge >= 0.3 is 0 Å². The molecule has 0 fully saturated rings. The van der Waals surface area contributed by atoms with Gasteiger partial charge < -0.3 is 10.1 Å². The maximum absolute atomic E-state index is 13.1. The van der Waals surface area contributed by atoms with Crippen LogP contribution in [0.25, 0.3) is 0 Å². The number of rotatable bonds is 6. The van der Waals surface area contributed by atoms with Gasteiger partial charge in [-0.25, -0.2) is 0 Å². The molecule has 2 aromatic rings. The highest BCUT2D eigenvalue weighted by atomic mass is 16.5. The highest BCUT2D eigenvalue weighted by molar-refractivity contribution is 6.23. The fraction of sp³-hybridized carbons (Fsp3) is 0.318. The number of anilines is 1. The van der Waals surface area contributed by atoms with Crippen LogP contribution in [0.4, 0.5) is 5.69 Å². The molecule has 0 aliphatic carbocycles. The average molecular weight is 380 g/mol. The number of imide groups is 1. The van der Waals surface area contributed by atoms with Crippen LogP contribution in [0.15, 0.2) is 42.5 Å². The molecule has 3 amide bonds. The number of amides is 3. The van der Waals surface area contributed by atoms with Crippen LogP contribution in [0.5, 0.6) is 5.75 Å². The normalized spacial score (nSPS) is 14.2. The Balaban J connectivity index is 1.93. The van der Waals surface area contributed by atoms with Crippen molar-refractivity contribution in [1.29, 1.82) is 0 Å². The molecule has 0 spiro atoms. The zero-order valence-electron chi connectivity index (χ0n) is 16.5. The number of benzene rings is 2. The third-order valence-electron chi connectivity index (χ3n) is 4.75. The summed E-state index contributed by atoms with van der Waals surface area (Å²) < 4.78 is 5.32. The lowest BCUT2D eigenvalue weighted by molar-refractivity contribution is -0.120. The molecule has 1 atom stereocenters. The maximum Gasteiger partial charge on any atom is 0.262 e. The molecule has 0 saturated heterocycles. The summed E-state index contributed by atoms with van der Waals surface area (Å²) in [5.41, 5.74) is 2.14. The zero-order valence-corrected chi connectivity index (χ0v) is 16.5. The van der Waals surface area contributed by atoms with Crippen molar-refractivity contribution in [1.82, 2.24) is 4.90 Å². The second-order valence-corrected chi connectivity index (χ2v) is 7.36. The van der Waals surface area contributed by atoms with E-state index >= 15 is 0 Å². The summed E-state index contributed by atoms with van der Waals surface area (Å²) >= 11 is 0. The first-order valence-electron chi connectivity index (χ1n) is 9.26. The number of fused-ring (bicyclic) bond motifs is 1. The molecule has 1 aliphatic heterocycles. The summed E-state index contributed by atoms with van der Waals surface area (Å²) in [4.78, 5) is 40.0. The SMILES string of the molecule is COc1ccc(C)cc1NC(=O)C(CC(C)C)N1C(=O)c2ccccc2C1=O. The van der Waals surface area contributed by atoms with Gasteiger partial charge in [0.05, 0.1) is 23.9 Å². The van der Waals surface area contributed by atoms with Crippen LogP contribution in [0, 0.1) is 12.8 Å². The van der Waals surface area contributed by atoms with E-state index in [-0.39, 0.29) is 5.92 Å². The monoisotopic (exact) mass is 380 g/mol. The molecular formula is C22H24N2O4. The second-order valence-electron chi connectivity index (χ2n) is 7.36. The van der Waals surface area contributed by atoms with Gasteiger partial charge in [-0.2, -0.15) is 0 Å². The minimum atomic E-state index is -0.905. The van der Waals surface area contributed by atoms with E-state index in [2.05, 4.69) is 5.32 Å². The van der Waals surface area contributed by atoms with Crippen molar-refractivity contribution in [3.63, 3.8) is 0 Å². The number of aryl methyl sites for hydroxylation is 1. The van der Waals surface area contributed by atoms with E-state index in [1.165, 1.54) is 7.11 Å². The van der Waals surface area contributed by atoms with Gasteiger partial charge in [0, 0.05) is 0 Å². The minimum Gasteiger partial charge on any atom is -0.495 e. The first-order valence-corrected chi connectivity index (χ1v) is 9.26. The number of carbonyl (C=O) groups is 3. The number of methoxy groups -OCH3 is 1. The summed E-state index contributed by atoms with van der Waals surface area (Å²) in [6, 6.07) is 11.2. The molecule has 2 aromatic carbocycles. The Labute approximate surface area is 164 Å². The molecule has 0 saturated carbocycles. The molecule has 1 N–H and O–H groups in total. The third-order valence-corrected chi connectivity index (χ3v) is 4.75. The second kappa shape index (κ2) is 7.84. The number of nitrogens with one attached hydrogen (secondary N) is 1. The van der Waals surface area contributed by atoms with Crippen molar-refractivity contribution in [3.8, 4) is 5.75 Å². The summed E-state index contributed by atoms with van der Waals surface area (Å²) in [6.45, 7) is 5.81. The van der Waals surface area contributed by atoms with Gasteiger partial charge in [-0.3, -0.25) is 19.3 Å². The lowest BCUT2D eigenvalue weighted by Crippen LogP contribution is -2.48. The summed E-state index contributed by atoms with van der Waals surface area (Å²) in [5.74, 6) is -0.647. The minimum absolute atomic E-state index is 0.111. The number of hydrogen-bond donors (Lipinski definition) is 1. The van der Waals surface area contributed by atoms with E-state index in [1.807, 2.05) is 26.8 Å². The highest BCUT2D eigenvalue weighted by Gasteiger charge is 2.42. The van der Waals surface area contributed by atoms with Gasteiger partial charge in [0.2, 0.25) is 5.91 Å². The number of hydrogen-bond acceptors (Lipinski definition) is 4. The quantitative estimate of drug-likeness (QED) is 0.776. The van der Waals surface area contributed by atoms with E-state index in [0.717, 1.165) is 10.5 Å². The highest BCUT2D eigenvalue weighted by Crippen LogP contribution is 2.29. The zero-order chi connectivity index (χ0) is 20.4. The van der Waals surface area contributed by atoms with Crippen molar-refractivity contribution in [2.45, 2.75) is 33.2 Å². The fourth-order valence-corrected chi connectivity index (χ4v) is 3.40. The Morgan fingerprint density at radius 3 is 2.21 bits per heavy atom. The van der Waals surface area contributed by atoms with Crippen LogP contribution in [0.3, 0.4) is 0 Å². The van der Waals surface area contributed by atoms with Gasteiger partial charge in [0.1, 0.15) is 11.8 Å². The topological polar surface area (TPSA) is 75.7 Å². The predicted octanol–water partition coefficient (Wildman–Crippen LogP) is 3.65. The standard InChI is InChI=1S/C22H24N2O4/c1-13(2)11-18(20(25)23-17-12-14(3)9-10-19(17)28-4)24-21(26)15-7-5-6-8-16(15)22(24)27/h5-10,12-13,18H,11H2,1-4H3,(H,23,25). The first-order chi connectivity index (χ1) is 13.3. The molecule has 3 rings (SSSR count). The molecule has 0 radical (unpaired) electrons. The number of ether oxygens (including phenoxy) is 1. The van der Waals surface area contributed by atoms with E-state index in [1.54, 1.807) is 36.4 Å². The Hall–Kier alpha value is -3.15. The summed E-state index contributed by atoms with van der Waals surface area (Å²) in [7, 11) is 1.52. The summed E-state index contributed by atoms with van der Waals surface area (Å²) in [6.07, 6.45) is 0.367. The molecular weight excluding hydrogens is 356 g/mol. The largest absolute Gasteiger partial charge is 0.495 e. The van der Waals surface area contributed by atoms with E-state index in [9.17, 15) is 14.4 Å². The fourth-order valence-electron chi connectivity index (χ4n) is 3.40. The Morgan fingerprint density at radius 2 is 1.68 bits per heavy atom. The van der Waals surface area contributed by atoms with Crippen molar-refractivity contribution < 1.29 is 19.1 Å². The van der Waals surface area contributed by atoms with Crippen molar-refractivity contribution in [3.05, 3.63) is 59.2 Å². The van der Waals surface area contributed by atoms with Crippen LogP contribution < -0.4 is 10.1 Å². The van der Waals surface area contributed by atoms with Crippen molar-refractivity contribution >= 4 is 23.4 Å². The van der Waals surface area contributed by atoms with Crippen LogP contribution in [-0.2, 0) is 4.79 Å². The van der Waals surface area contributed by atoms with E-state index < -0.39 is 23.8 Å². The van der Waals surface area contributed by atoms with Gasteiger partial charge in [-0.1, -0.05) is 32.0 Å². The van der Waals surface area contributed by atoms with E-state index in [0.29, 0.717) is 29.0 Å². The van der Waals surface area contributed by atoms with Gasteiger partial charge in [-0.15, -0.1) is 0 Å². The maximum atomic E-state index is 13.1. The summed E-state index contributed by atoms with van der Waals surface area (Å²) in [5, 5.41) is 2.84. The van der Waals surface area contributed by atoms with Crippen LogP contribution in [-0.4, -0.2) is 35.8 Å². The van der Waals surface area contributed by atoms with Crippen molar-refractivity contribution in [2.24, 2.45) is 5.92 Å². The van der Waals surface area contributed by atoms with Crippen molar-refractivity contribution in [2.75, 3.05) is 12.4 Å². The molecule has 6 heteroatoms. The van der Waals surface area contributed by atoms with E-state index in [4.69, 9.17) is 4.74 Å². The number of carbonyl (C=O) groups excluding carboxylic acids is 3. The first kappa shape index (κ1) is 19.6. The molecule has 1 aliphatic rings. The Bertz CT molecular complexity index is 901. The third kappa shape index (κ3) is 3.63. The molecule has 28 heavy (non-hydrogen) atoms. The molecule has 6 nitrogen and oxygen atoms in total. The molecule has 0 aromatic heterocycles. The van der Waals surface area contributed by atoms with Crippen LogP contribution >= 0.6 is 0 Å². The van der Waals surface area contributed by atoms with Crippen LogP contribution in [0.1, 0.15) is 46.5 Å². The lowest BCUT2D eigenvalue weighted by atomic mass is 10.0. The smallest absolute Gasteiger partial charge is 0.262 e. The molecule has 146 valence electrons. The molecule has 0 bridgehead atoms.